The second-order valence-corrected chi connectivity index (χ2v) is 3.28. The Morgan fingerprint density at radius 2 is 1.73 bits per heavy atom. The Morgan fingerprint density at radius 1 is 1.13 bits per heavy atom. The highest BCUT2D eigenvalue weighted by molar-refractivity contribution is 4.92. The fourth-order valence-corrected chi connectivity index (χ4v) is 1.45. The summed E-state index contributed by atoms with van der Waals surface area (Å²) >= 11 is 0. The zero-order chi connectivity index (χ0) is 11.4. The van der Waals surface area contributed by atoms with Crippen LogP contribution in [0, 0.1) is 0 Å². The van der Waals surface area contributed by atoms with E-state index in [1.54, 1.807) is 0 Å². The molecule has 0 aromatic heterocycles. The zero-order valence-corrected chi connectivity index (χ0v) is 7.84. The molecule has 0 aromatic carbocycles. The maximum atomic E-state index is 9.45. The van der Waals surface area contributed by atoms with Crippen LogP contribution in [0.3, 0.4) is 0 Å². The molecule has 0 unspecified atom stereocenters. The Balaban J connectivity index is 2.69. The van der Waals surface area contributed by atoms with Gasteiger partial charge < -0.3 is 25.2 Å². The number of nitrogens with zero attached hydrogens (tertiary/aromatic N) is 3. The van der Waals surface area contributed by atoms with E-state index in [0.29, 0.717) is 0 Å². The summed E-state index contributed by atoms with van der Waals surface area (Å²) in [6.45, 7) is -0.657. The molecule has 0 bridgehead atoms. The van der Waals surface area contributed by atoms with Gasteiger partial charge in [0, 0.05) is 4.91 Å². The quantitative estimate of drug-likeness (QED) is 0.250. The zero-order valence-electron chi connectivity index (χ0n) is 7.84. The third kappa shape index (κ3) is 2.57. The van der Waals surface area contributed by atoms with E-state index in [1.165, 1.54) is 0 Å². The van der Waals surface area contributed by atoms with Crippen LogP contribution in [0.1, 0.15) is 0 Å². The summed E-state index contributed by atoms with van der Waals surface area (Å²) in [7, 11) is 0. The minimum atomic E-state index is -1.42. The summed E-state index contributed by atoms with van der Waals surface area (Å²) in [5, 5.41) is 40.2. The molecule has 1 aliphatic rings. The van der Waals surface area contributed by atoms with Crippen LogP contribution in [0.15, 0.2) is 5.11 Å². The van der Waals surface area contributed by atoms with Gasteiger partial charge in [-0.15, -0.1) is 0 Å². The molecule has 0 radical (unpaired) electrons. The Bertz CT molecular complexity index is 255. The van der Waals surface area contributed by atoms with Gasteiger partial charge in [0.1, 0.15) is 24.4 Å². The highest BCUT2D eigenvalue weighted by Crippen LogP contribution is 2.21. The minimum absolute atomic E-state index is 0.169. The van der Waals surface area contributed by atoms with Crippen LogP contribution in [-0.2, 0) is 4.74 Å². The van der Waals surface area contributed by atoms with Crippen LogP contribution >= 0.6 is 0 Å². The summed E-state index contributed by atoms with van der Waals surface area (Å²) in [4.78, 5) is 2.49. The fourth-order valence-electron chi connectivity index (χ4n) is 1.45. The third-order valence-corrected chi connectivity index (χ3v) is 2.32. The third-order valence-electron chi connectivity index (χ3n) is 2.32. The van der Waals surface area contributed by atoms with E-state index in [1.807, 2.05) is 0 Å². The topological polar surface area (TPSA) is 139 Å². The van der Waals surface area contributed by atoms with E-state index in [-0.39, 0.29) is 6.54 Å². The van der Waals surface area contributed by atoms with Crippen molar-refractivity contribution in [3.05, 3.63) is 10.4 Å². The van der Waals surface area contributed by atoms with Crippen LogP contribution in [0.2, 0.25) is 0 Å². The van der Waals surface area contributed by atoms with Gasteiger partial charge in [-0.2, -0.15) is 0 Å². The van der Waals surface area contributed by atoms with Gasteiger partial charge in [0.25, 0.3) is 0 Å². The van der Waals surface area contributed by atoms with E-state index in [9.17, 15) is 15.3 Å². The van der Waals surface area contributed by atoms with Crippen molar-refractivity contribution < 1.29 is 25.2 Å². The molecule has 1 saturated heterocycles. The van der Waals surface area contributed by atoms with Gasteiger partial charge in [0.05, 0.1) is 19.3 Å². The normalized spacial score (nSPS) is 40.9. The second kappa shape index (κ2) is 5.26. The molecule has 4 N–H and O–H groups in total. The first-order chi connectivity index (χ1) is 7.11. The molecule has 8 nitrogen and oxygen atoms in total. The van der Waals surface area contributed by atoms with Crippen molar-refractivity contribution in [2.75, 3.05) is 13.2 Å². The summed E-state index contributed by atoms with van der Waals surface area (Å²) in [5.41, 5.74) is 8.08. The van der Waals surface area contributed by atoms with Crippen molar-refractivity contribution in [3.8, 4) is 0 Å². The Labute approximate surface area is 85.3 Å². The monoisotopic (exact) mass is 219 g/mol. The first-order valence-electron chi connectivity index (χ1n) is 4.43. The van der Waals surface area contributed by atoms with Crippen LogP contribution in [-0.4, -0.2) is 64.1 Å². The largest absolute Gasteiger partial charge is 0.394 e. The first-order valence-corrected chi connectivity index (χ1v) is 4.43. The van der Waals surface area contributed by atoms with Crippen LogP contribution in [0.5, 0.6) is 0 Å². The van der Waals surface area contributed by atoms with Crippen molar-refractivity contribution in [1.29, 1.82) is 0 Å². The first kappa shape index (κ1) is 12.2. The van der Waals surface area contributed by atoms with Gasteiger partial charge in [-0.25, -0.2) is 0 Å². The lowest BCUT2D eigenvalue weighted by molar-refractivity contribution is -0.226. The molecule has 0 aromatic rings. The maximum Gasteiger partial charge on any atom is 0.111 e. The molecule has 86 valence electrons. The van der Waals surface area contributed by atoms with Crippen LogP contribution < -0.4 is 0 Å². The summed E-state index contributed by atoms with van der Waals surface area (Å²) in [6, 6.07) is 0. The van der Waals surface area contributed by atoms with Gasteiger partial charge in [-0.05, 0) is 5.53 Å². The lowest BCUT2D eigenvalue weighted by atomic mass is 9.95. The number of ether oxygens (including phenoxy) is 1. The predicted molar refractivity (Wildman–Crippen MR) is 47.8 cm³/mol. The average molecular weight is 219 g/mol. The van der Waals surface area contributed by atoms with Gasteiger partial charge in [0.2, 0.25) is 0 Å². The second-order valence-electron chi connectivity index (χ2n) is 3.28. The van der Waals surface area contributed by atoms with Gasteiger partial charge >= 0.3 is 0 Å². The molecule has 0 saturated carbocycles. The predicted octanol–water partition coefficient (Wildman–Crippen LogP) is -1.86. The number of azide groups is 1. The highest BCUT2D eigenvalue weighted by Gasteiger charge is 2.42. The molecule has 8 heteroatoms. The molecule has 15 heavy (non-hydrogen) atoms. The summed E-state index contributed by atoms with van der Waals surface area (Å²) < 4.78 is 5.06. The van der Waals surface area contributed by atoms with Crippen molar-refractivity contribution in [3.63, 3.8) is 0 Å². The number of hydrogen-bond donors (Lipinski definition) is 4. The van der Waals surface area contributed by atoms with E-state index in [4.69, 9.17) is 15.4 Å². The number of aliphatic hydroxyl groups is 4. The molecular weight excluding hydrogens is 206 g/mol. The number of aliphatic hydroxyl groups excluding tert-OH is 4. The molecule has 1 aliphatic heterocycles. The van der Waals surface area contributed by atoms with Crippen molar-refractivity contribution in [2.45, 2.75) is 30.5 Å². The fraction of sp³-hybridized carbons (Fsp3) is 1.00. The molecule has 1 fully saturated rings. The van der Waals surface area contributed by atoms with Crippen LogP contribution in [0.4, 0.5) is 0 Å². The molecule has 5 atom stereocenters. The number of rotatable bonds is 3. The van der Waals surface area contributed by atoms with Gasteiger partial charge in [-0.3, -0.25) is 0 Å². The van der Waals surface area contributed by atoms with Gasteiger partial charge in [0.15, 0.2) is 0 Å². The summed E-state index contributed by atoms with van der Waals surface area (Å²) in [5.74, 6) is 0. The lowest BCUT2D eigenvalue weighted by Gasteiger charge is -2.39. The van der Waals surface area contributed by atoms with Crippen molar-refractivity contribution >= 4 is 0 Å². The van der Waals surface area contributed by atoms with E-state index < -0.39 is 37.1 Å². The van der Waals surface area contributed by atoms with E-state index in [2.05, 4.69) is 10.0 Å². The van der Waals surface area contributed by atoms with E-state index >= 15 is 0 Å². The standard InChI is InChI=1S/C7H13N3O5/c8-10-9-1-3-5(12)7(14)6(13)4(2-11)15-3/h3-7,11-14H,1-2H2/t3-,4-,5+,6-,7-/m1/s1. The average Bonchev–Trinajstić information content (AvgIpc) is 2.25. The molecule has 0 aliphatic carbocycles. The SMILES string of the molecule is [N-]=[N+]=NC[C@H]1O[C@H](CO)[C@@H](O)[C@H](O)[C@H]1O. The van der Waals surface area contributed by atoms with Gasteiger partial charge in [-0.1, -0.05) is 5.11 Å². The molecule has 0 amide bonds. The maximum absolute atomic E-state index is 9.45. The number of hydrogen-bond acceptors (Lipinski definition) is 6. The molecular formula is C7H13N3O5. The smallest absolute Gasteiger partial charge is 0.111 e. The Morgan fingerprint density at radius 3 is 2.27 bits per heavy atom. The van der Waals surface area contributed by atoms with Crippen LogP contribution in [0.25, 0.3) is 10.4 Å². The lowest BCUT2D eigenvalue weighted by Crippen LogP contribution is -2.59. The Hall–Kier alpha value is -0.890. The Kier molecular flexibility index (Phi) is 4.28. The van der Waals surface area contributed by atoms with E-state index in [0.717, 1.165) is 0 Å². The van der Waals surface area contributed by atoms with Crippen molar-refractivity contribution in [2.24, 2.45) is 5.11 Å². The molecule has 1 heterocycles. The molecule has 1 rings (SSSR count). The summed E-state index contributed by atoms with van der Waals surface area (Å²) in [6.07, 6.45) is -6.02. The highest BCUT2D eigenvalue weighted by atomic mass is 16.5. The molecule has 0 spiro atoms. The minimum Gasteiger partial charge on any atom is -0.394 e. The van der Waals surface area contributed by atoms with Crippen molar-refractivity contribution in [1.82, 2.24) is 0 Å².